The van der Waals surface area contributed by atoms with Crippen LogP contribution in [0.5, 0.6) is 0 Å². The number of nitrogens with zero attached hydrogens (tertiary/aromatic N) is 1. The molecule has 0 saturated carbocycles. The highest BCUT2D eigenvalue weighted by atomic mass is 35.5. The van der Waals surface area contributed by atoms with Crippen LogP contribution >= 0.6 is 11.6 Å². The number of hydrogen-bond donors (Lipinski definition) is 2. The molecule has 0 saturated heterocycles. The maximum absolute atomic E-state index is 13.2. The Morgan fingerprint density at radius 2 is 2.03 bits per heavy atom. The number of nitrogens with one attached hydrogen (secondary N) is 1. The molecule has 0 bridgehead atoms. The third-order valence-electron chi connectivity index (χ3n) is 6.23. The number of aryl methyl sites for hydroxylation is 1. The van der Waals surface area contributed by atoms with Crippen LogP contribution in [-0.2, 0) is 22.4 Å². The molecular weight excluding hydrogens is 410 g/mol. The molecule has 2 heterocycles. The van der Waals surface area contributed by atoms with E-state index in [0.717, 1.165) is 41.6 Å². The van der Waals surface area contributed by atoms with Crippen molar-refractivity contribution in [3.05, 3.63) is 62.9 Å². The predicted octanol–water partition coefficient (Wildman–Crippen LogP) is 5.62. The second-order valence-corrected chi connectivity index (χ2v) is 10.0. The zero-order valence-corrected chi connectivity index (χ0v) is 19.6. The number of aromatic nitrogens is 1. The molecule has 5 nitrogen and oxygen atoms in total. The summed E-state index contributed by atoms with van der Waals surface area (Å²) in [6.45, 7) is 10.1. The van der Waals surface area contributed by atoms with Crippen LogP contribution in [0.15, 0.2) is 35.5 Å². The minimum Gasteiger partial charge on any atom is -0.460 e. The fraction of sp³-hybridized carbons (Fsp3) is 0.440. The average Bonchev–Trinajstić information content (AvgIpc) is 2.67. The molecule has 1 aromatic heterocycles. The lowest BCUT2D eigenvalue weighted by molar-refractivity contribution is -0.142. The van der Waals surface area contributed by atoms with Gasteiger partial charge in [-0.1, -0.05) is 43.6 Å². The van der Waals surface area contributed by atoms with Crippen molar-refractivity contribution in [1.29, 1.82) is 0 Å². The number of nitrogen functional groups attached to an aromatic ring is 1. The van der Waals surface area contributed by atoms with Gasteiger partial charge in [0.05, 0.1) is 17.6 Å². The van der Waals surface area contributed by atoms with E-state index in [-0.39, 0.29) is 17.5 Å². The second-order valence-electron chi connectivity index (χ2n) is 9.63. The largest absolute Gasteiger partial charge is 0.460 e. The van der Waals surface area contributed by atoms with Crippen molar-refractivity contribution in [3.63, 3.8) is 0 Å². The molecule has 4 rings (SSSR count). The van der Waals surface area contributed by atoms with E-state index in [9.17, 15) is 4.79 Å². The van der Waals surface area contributed by atoms with Crippen LogP contribution in [0.4, 0.5) is 11.5 Å². The van der Waals surface area contributed by atoms with Gasteiger partial charge in [-0.05, 0) is 62.6 Å². The molecule has 3 N–H and O–H groups in total. The molecule has 164 valence electrons. The zero-order chi connectivity index (χ0) is 22.5. The molecule has 0 amide bonds. The van der Waals surface area contributed by atoms with E-state index in [2.05, 4.69) is 19.2 Å². The van der Waals surface area contributed by atoms with Gasteiger partial charge in [-0.15, -0.1) is 0 Å². The van der Waals surface area contributed by atoms with E-state index in [1.807, 2.05) is 45.0 Å². The number of rotatable bonds is 3. The van der Waals surface area contributed by atoms with E-state index in [1.54, 1.807) is 0 Å². The fourth-order valence-electron chi connectivity index (χ4n) is 4.70. The standard InChI is InChI=1S/C25H30ClN3O2/c1-13(2)31-24(30)19-14(3)28-23-21(20(19)15-8-6-7-9-17(15)26)22(27)16-12-25(4,5)11-10-18(16)29-23/h6-9,13,20H,10-12H2,1-5H3,(H3,27,28,29). The highest BCUT2D eigenvalue weighted by molar-refractivity contribution is 6.31. The van der Waals surface area contributed by atoms with E-state index in [0.29, 0.717) is 27.8 Å². The smallest absolute Gasteiger partial charge is 0.337 e. The third kappa shape index (κ3) is 3.91. The van der Waals surface area contributed by atoms with Crippen molar-refractivity contribution in [1.82, 2.24) is 4.98 Å². The van der Waals surface area contributed by atoms with E-state index in [1.165, 1.54) is 0 Å². The molecule has 2 aliphatic rings. The van der Waals surface area contributed by atoms with Crippen molar-refractivity contribution in [2.24, 2.45) is 5.41 Å². The predicted molar refractivity (Wildman–Crippen MR) is 125 cm³/mol. The number of anilines is 2. The summed E-state index contributed by atoms with van der Waals surface area (Å²) in [6.07, 6.45) is 2.59. The number of ether oxygens (including phenoxy) is 1. The Morgan fingerprint density at radius 3 is 2.71 bits per heavy atom. The first kappa shape index (κ1) is 21.7. The minimum atomic E-state index is -0.445. The van der Waals surface area contributed by atoms with E-state index in [4.69, 9.17) is 27.1 Å². The minimum absolute atomic E-state index is 0.157. The number of fused-ring (bicyclic) bond motifs is 2. The van der Waals surface area contributed by atoms with Crippen LogP contribution in [0.3, 0.4) is 0 Å². The summed E-state index contributed by atoms with van der Waals surface area (Å²) in [5, 5.41) is 3.92. The first-order valence-electron chi connectivity index (χ1n) is 10.8. The van der Waals surface area contributed by atoms with Gasteiger partial charge < -0.3 is 15.8 Å². The van der Waals surface area contributed by atoms with Gasteiger partial charge in [-0.25, -0.2) is 9.78 Å². The summed E-state index contributed by atoms with van der Waals surface area (Å²) in [6, 6.07) is 7.59. The van der Waals surface area contributed by atoms with Gasteiger partial charge in [-0.2, -0.15) is 0 Å². The van der Waals surface area contributed by atoms with Gasteiger partial charge in [0.1, 0.15) is 5.82 Å². The molecule has 2 aromatic rings. The highest BCUT2D eigenvalue weighted by Gasteiger charge is 2.39. The number of allylic oxidation sites excluding steroid dienone is 1. The normalized spacial score (nSPS) is 19.5. The summed E-state index contributed by atoms with van der Waals surface area (Å²) in [7, 11) is 0. The second kappa shape index (κ2) is 7.86. The van der Waals surface area contributed by atoms with Gasteiger partial charge in [0, 0.05) is 27.7 Å². The van der Waals surface area contributed by atoms with Crippen LogP contribution < -0.4 is 11.1 Å². The molecule has 0 spiro atoms. The monoisotopic (exact) mass is 439 g/mol. The molecule has 1 unspecified atom stereocenters. The van der Waals surface area contributed by atoms with Crippen LogP contribution in [-0.4, -0.2) is 17.1 Å². The lowest BCUT2D eigenvalue weighted by Crippen LogP contribution is -2.30. The molecule has 31 heavy (non-hydrogen) atoms. The third-order valence-corrected chi connectivity index (χ3v) is 6.57. The first-order valence-corrected chi connectivity index (χ1v) is 11.2. The Morgan fingerprint density at radius 1 is 1.32 bits per heavy atom. The van der Waals surface area contributed by atoms with Crippen LogP contribution in [0, 0.1) is 5.41 Å². The van der Waals surface area contributed by atoms with E-state index >= 15 is 0 Å². The van der Waals surface area contributed by atoms with Crippen LogP contribution in [0.1, 0.15) is 69.3 Å². The van der Waals surface area contributed by atoms with Gasteiger partial charge in [-0.3, -0.25) is 0 Å². The molecule has 6 heteroatoms. The number of pyridine rings is 1. The number of hydrogen-bond acceptors (Lipinski definition) is 5. The van der Waals surface area contributed by atoms with Gasteiger partial charge in [0.15, 0.2) is 0 Å². The number of nitrogens with two attached hydrogens (primary N) is 1. The number of esters is 1. The summed E-state index contributed by atoms with van der Waals surface area (Å²) in [4.78, 5) is 18.2. The Bertz CT molecular complexity index is 1090. The fourth-order valence-corrected chi connectivity index (χ4v) is 4.94. The molecule has 1 aliphatic heterocycles. The summed E-state index contributed by atoms with van der Waals surface area (Å²) in [5.74, 6) is -0.105. The summed E-state index contributed by atoms with van der Waals surface area (Å²) >= 11 is 6.63. The Labute approximate surface area is 189 Å². The Hall–Kier alpha value is -2.53. The van der Waals surface area contributed by atoms with Crippen molar-refractivity contribution in [2.45, 2.75) is 65.9 Å². The Balaban J connectivity index is 1.96. The van der Waals surface area contributed by atoms with Gasteiger partial charge >= 0.3 is 5.97 Å². The first-order chi connectivity index (χ1) is 14.6. The molecule has 0 fully saturated rings. The Kier molecular flexibility index (Phi) is 5.50. The summed E-state index contributed by atoms with van der Waals surface area (Å²) in [5.41, 5.74) is 12.7. The summed E-state index contributed by atoms with van der Waals surface area (Å²) < 4.78 is 5.61. The van der Waals surface area contributed by atoms with Crippen LogP contribution in [0.2, 0.25) is 5.02 Å². The van der Waals surface area contributed by atoms with Gasteiger partial charge in [0.25, 0.3) is 0 Å². The quantitative estimate of drug-likeness (QED) is 0.607. The zero-order valence-electron chi connectivity index (χ0n) is 18.8. The lowest BCUT2D eigenvalue weighted by atomic mass is 9.73. The maximum Gasteiger partial charge on any atom is 0.337 e. The average molecular weight is 440 g/mol. The van der Waals surface area contributed by atoms with Crippen molar-refractivity contribution in [2.75, 3.05) is 11.1 Å². The topological polar surface area (TPSA) is 77.2 Å². The molecule has 1 aliphatic carbocycles. The molecule has 0 radical (unpaired) electrons. The number of carbonyl (C=O) groups is 1. The number of halogens is 1. The highest BCUT2D eigenvalue weighted by Crippen LogP contribution is 2.49. The SMILES string of the molecule is CC1=C(C(=O)OC(C)C)C(c2ccccc2Cl)c2c(nc3c(c2N)CC(C)(C)CC3)N1. The maximum atomic E-state index is 13.2. The van der Waals surface area contributed by atoms with Crippen molar-refractivity contribution < 1.29 is 9.53 Å². The molecule has 1 atom stereocenters. The lowest BCUT2D eigenvalue weighted by Gasteiger charge is -2.36. The van der Waals surface area contributed by atoms with Crippen molar-refractivity contribution >= 4 is 29.1 Å². The number of benzene rings is 1. The number of carbonyl (C=O) groups excluding carboxylic acids is 1. The molecule has 1 aromatic carbocycles. The molecular formula is C25H30ClN3O2. The van der Waals surface area contributed by atoms with Crippen LogP contribution in [0.25, 0.3) is 0 Å². The van der Waals surface area contributed by atoms with Gasteiger partial charge in [0.2, 0.25) is 0 Å². The van der Waals surface area contributed by atoms with Crippen molar-refractivity contribution in [3.8, 4) is 0 Å². The van der Waals surface area contributed by atoms with E-state index < -0.39 is 5.92 Å².